The molecule has 1 unspecified atom stereocenters. The van der Waals surface area contributed by atoms with Crippen LogP contribution in [-0.2, 0) is 4.79 Å². The minimum atomic E-state index is -0.0571. The van der Waals surface area contributed by atoms with E-state index in [-0.39, 0.29) is 17.9 Å². The zero-order valence-electron chi connectivity index (χ0n) is 17.4. The van der Waals surface area contributed by atoms with Gasteiger partial charge in [-0.1, -0.05) is 32.6 Å². The van der Waals surface area contributed by atoms with Gasteiger partial charge in [-0.15, -0.1) is 0 Å². The molecule has 0 radical (unpaired) electrons. The number of nitrogens with one attached hydrogen (secondary N) is 2. The molecule has 0 bridgehead atoms. The third-order valence-electron chi connectivity index (χ3n) is 6.22. The van der Waals surface area contributed by atoms with Crippen LogP contribution in [-0.4, -0.2) is 30.9 Å². The number of rotatable bonds is 8. The summed E-state index contributed by atoms with van der Waals surface area (Å²) in [5, 5.41) is 6.08. The summed E-state index contributed by atoms with van der Waals surface area (Å²) in [5.74, 6) is 0.701. The Balaban J connectivity index is 1.69. The van der Waals surface area contributed by atoms with E-state index in [1.54, 1.807) is 0 Å². The second kappa shape index (κ2) is 9.94. The van der Waals surface area contributed by atoms with Crippen LogP contribution < -0.4 is 15.5 Å². The smallest absolute Gasteiger partial charge is 0.253 e. The van der Waals surface area contributed by atoms with Gasteiger partial charge >= 0.3 is 0 Å². The molecule has 2 amide bonds. The van der Waals surface area contributed by atoms with E-state index in [0.29, 0.717) is 23.6 Å². The standard InChI is InChI=1S/C23H35N3O2/c1-3-17(2)24-23(28)20-16-19(11-12-21(20)26-14-6-7-15-26)25-22(27)13-10-18-8-4-5-9-18/h11-12,16-18H,3-10,13-15H2,1-2H3,(H,24,28)(H,25,27). The highest BCUT2D eigenvalue weighted by Gasteiger charge is 2.21. The first kappa shape index (κ1) is 20.7. The lowest BCUT2D eigenvalue weighted by atomic mass is 10.0. The van der Waals surface area contributed by atoms with Gasteiger partial charge in [0.1, 0.15) is 0 Å². The summed E-state index contributed by atoms with van der Waals surface area (Å²) >= 11 is 0. The topological polar surface area (TPSA) is 61.4 Å². The molecule has 0 spiro atoms. The van der Waals surface area contributed by atoms with Crippen LogP contribution in [0.15, 0.2) is 18.2 Å². The molecule has 1 aromatic rings. The van der Waals surface area contributed by atoms with Gasteiger partial charge in [0.2, 0.25) is 5.91 Å². The Hall–Kier alpha value is -2.04. The molecule has 2 fully saturated rings. The molecular weight excluding hydrogens is 350 g/mol. The highest BCUT2D eigenvalue weighted by atomic mass is 16.2. The number of nitrogens with zero attached hydrogens (tertiary/aromatic N) is 1. The minimum absolute atomic E-state index is 0.0501. The summed E-state index contributed by atoms with van der Waals surface area (Å²) < 4.78 is 0. The van der Waals surface area contributed by atoms with Gasteiger partial charge in [-0.05, 0) is 56.7 Å². The Labute approximate surface area is 169 Å². The van der Waals surface area contributed by atoms with Gasteiger partial charge in [-0.25, -0.2) is 0 Å². The summed E-state index contributed by atoms with van der Waals surface area (Å²) in [6.45, 7) is 6.04. The third-order valence-corrected chi connectivity index (χ3v) is 6.22. The summed E-state index contributed by atoms with van der Waals surface area (Å²) in [6.07, 6.45) is 9.87. The molecule has 1 atom stereocenters. The van der Waals surface area contributed by atoms with Crippen molar-refractivity contribution >= 4 is 23.2 Å². The largest absolute Gasteiger partial charge is 0.371 e. The van der Waals surface area contributed by atoms with Crippen molar-refractivity contribution in [2.75, 3.05) is 23.3 Å². The zero-order chi connectivity index (χ0) is 19.9. The van der Waals surface area contributed by atoms with Crippen molar-refractivity contribution in [2.24, 2.45) is 5.92 Å². The highest BCUT2D eigenvalue weighted by molar-refractivity contribution is 6.02. The first-order valence-electron chi connectivity index (χ1n) is 11.1. The number of carbonyl (C=O) groups excluding carboxylic acids is 2. The monoisotopic (exact) mass is 385 g/mol. The first-order chi connectivity index (χ1) is 13.6. The summed E-state index contributed by atoms with van der Waals surface area (Å²) in [4.78, 5) is 27.5. The second-order valence-electron chi connectivity index (χ2n) is 8.45. The lowest BCUT2D eigenvalue weighted by Gasteiger charge is -2.23. The molecule has 1 saturated heterocycles. The molecule has 28 heavy (non-hydrogen) atoms. The molecule has 1 heterocycles. The minimum Gasteiger partial charge on any atom is -0.371 e. The van der Waals surface area contributed by atoms with Crippen molar-refractivity contribution in [1.82, 2.24) is 5.32 Å². The molecule has 1 aliphatic carbocycles. The molecular formula is C23H35N3O2. The molecule has 1 aromatic carbocycles. The predicted molar refractivity (Wildman–Crippen MR) is 115 cm³/mol. The van der Waals surface area contributed by atoms with Gasteiger partial charge < -0.3 is 15.5 Å². The second-order valence-corrected chi connectivity index (χ2v) is 8.45. The number of hydrogen-bond donors (Lipinski definition) is 2. The van der Waals surface area contributed by atoms with Crippen LogP contribution in [0.5, 0.6) is 0 Å². The van der Waals surface area contributed by atoms with E-state index in [4.69, 9.17) is 0 Å². The van der Waals surface area contributed by atoms with Crippen molar-refractivity contribution in [1.29, 1.82) is 0 Å². The van der Waals surface area contributed by atoms with Crippen LogP contribution in [0.1, 0.15) is 82.0 Å². The average Bonchev–Trinajstić information content (AvgIpc) is 3.40. The average molecular weight is 386 g/mol. The molecule has 1 saturated carbocycles. The number of carbonyl (C=O) groups is 2. The fourth-order valence-corrected chi connectivity index (χ4v) is 4.29. The van der Waals surface area contributed by atoms with Crippen molar-refractivity contribution in [3.05, 3.63) is 23.8 Å². The van der Waals surface area contributed by atoms with E-state index < -0.39 is 0 Å². The number of benzene rings is 1. The SMILES string of the molecule is CCC(C)NC(=O)c1cc(NC(=O)CCC2CCCC2)ccc1N1CCCC1. The van der Waals surface area contributed by atoms with Gasteiger partial charge in [0.05, 0.1) is 5.56 Å². The first-order valence-corrected chi connectivity index (χ1v) is 11.1. The zero-order valence-corrected chi connectivity index (χ0v) is 17.4. The third kappa shape index (κ3) is 5.49. The van der Waals surface area contributed by atoms with Crippen molar-refractivity contribution < 1.29 is 9.59 Å². The maximum atomic E-state index is 12.9. The number of hydrogen-bond acceptors (Lipinski definition) is 3. The van der Waals surface area contributed by atoms with Crippen LogP contribution in [0.25, 0.3) is 0 Å². The lowest BCUT2D eigenvalue weighted by molar-refractivity contribution is -0.116. The molecule has 2 N–H and O–H groups in total. The van der Waals surface area contributed by atoms with E-state index in [1.807, 2.05) is 25.1 Å². The van der Waals surface area contributed by atoms with Crippen LogP contribution in [0.2, 0.25) is 0 Å². The Morgan fingerprint density at radius 3 is 2.54 bits per heavy atom. The van der Waals surface area contributed by atoms with Crippen molar-refractivity contribution in [3.8, 4) is 0 Å². The van der Waals surface area contributed by atoms with E-state index in [9.17, 15) is 9.59 Å². The Morgan fingerprint density at radius 2 is 1.86 bits per heavy atom. The molecule has 2 aliphatic rings. The van der Waals surface area contributed by atoms with E-state index >= 15 is 0 Å². The van der Waals surface area contributed by atoms with Gasteiger partial charge in [-0.2, -0.15) is 0 Å². The van der Waals surface area contributed by atoms with Crippen LogP contribution in [0.3, 0.4) is 0 Å². The van der Waals surface area contributed by atoms with E-state index in [0.717, 1.165) is 44.5 Å². The van der Waals surface area contributed by atoms with Crippen molar-refractivity contribution in [3.63, 3.8) is 0 Å². The predicted octanol–water partition coefficient (Wildman–Crippen LogP) is 4.72. The van der Waals surface area contributed by atoms with E-state index in [1.165, 1.54) is 25.7 Å². The van der Waals surface area contributed by atoms with Crippen LogP contribution >= 0.6 is 0 Å². The van der Waals surface area contributed by atoms with Gasteiger partial charge in [0.25, 0.3) is 5.91 Å². The maximum absolute atomic E-state index is 12.9. The maximum Gasteiger partial charge on any atom is 0.253 e. The summed E-state index contributed by atoms with van der Waals surface area (Å²) in [7, 11) is 0. The molecule has 3 rings (SSSR count). The molecule has 5 nitrogen and oxygen atoms in total. The van der Waals surface area contributed by atoms with Crippen LogP contribution in [0.4, 0.5) is 11.4 Å². The van der Waals surface area contributed by atoms with Gasteiger partial charge in [0.15, 0.2) is 0 Å². The summed E-state index contributed by atoms with van der Waals surface area (Å²) in [6, 6.07) is 5.90. The van der Waals surface area contributed by atoms with Crippen LogP contribution in [0, 0.1) is 5.92 Å². The van der Waals surface area contributed by atoms with Gasteiger partial charge in [0, 0.05) is 36.9 Å². The summed E-state index contributed by atoms with van der Waals surface area (Å²) in [5.41, 5.74) is 2.35. The lowest BCUT2D eigenvalue weighted by Crippen LogP contribution is -2.33. The Morgan fingerprint density at radius 1 is 1.14 bits per heavy atom. The molecule has 154 valence electrons. The van der Waals surface area contributed by atoms with E-state index in [2.05, 4.69) is 22.5 Å². The fraction of sp³-hybridized carbons (Fsp3) is 0.652. The number of anilines is 2. The highest BCUT2D eigenvalue weighted by Crippen LogP contribution is 2.30. The Bertz CT molecular complexity index is 676. The molecule has 1 aliphatic heterocycles. The molecule has 0 aromatic heterocycles. The fourth-order valence-electron chi connectivity index (χ4n) is 4.29. The Kier molecular flexibility index (Phi) is 7.35. The van der Waals surface area contributed by atoms with Crippen molar-refractivity contribution in [2.45, 2.75) is 77.7 Å². The number of amides is 2. The molecule has 5 heteroatoms. The van der Waals surface area contributed by atoms with Gasteiger partial charge in [-0.3, -0.25) is 9.59 Å². The quantitative estimate of drug-likeness (QED) is 0.680. The normalized spacial score (nSPS) is 18.3.